The number of aromatic amines is 2. The van der Waals surface area contributed by atoms with Crippen LogP contribution in [0.2, 0.25) is 0 Å². The van der Waals surface area contributed by atoms with Gasteiger partial charge < -0.3 is 0 Å². The second-order valence-electron chi connectivity index (χ2n) is 4.91. The SMILES string of the molecule is Cc1cccc(CSc2[nH]c3cc(C)ccc3[nH+]2)c1. The number of H-pyrrole nitrogens is 2. The number of aryl methyl sites for hydroxylation is 2. The molecule has 0 aliphatic heterocycles. The third-order valence-corrected chi connectivity index (χ3v) is 4.11. The lowest BCUT2D eigenvalue weighted by Crippen LogP contribution is -2.01. The summed E-state index contributed by atoms with van der Waals surface area (Å²) in [5.74, 6) is 0.976. The zero-order valence-corrected chi connectivity index (χ0v) is 12.0. The molecule has 0 spiro atoms. The summed E-state index contributed by atoms with van der Waals surface area (Å²) in [7, 11) is 0. The van der Waals surface area contributed by atoms with E-state index in [9.17, 15) is 0 Å². The monoisotopic (exact) mass is 269 g/mol. The first kappa shape index (κ1) is 12.3. The molecule has 96 valence electrons. The number of imidazole rings is 1. The minimum absolute atomic E-state index is 0.976. The van der Waals surface area contributed by atoms with Gasteiger partial charge in [0.2, 0.25) is 0 Å². The fourth-order valence-corrected chi connectivity index (χ4v) is 3.03. The van der Waals surface area contributed by atoms with Crippen molar-refractivity contribution in [3.05, 3.63) is 59.2 Å². The van der Waals surface area contributed by atoms with E-state index in [1.54, 1.807) is 11.8 Å². The van der Waals surface area contributed by atoms with E-state index in [-0.39, 0.29) is 0 Å². The summed E-state index contributed by atoms with van der Waals surface area (Å²) in [5, 5.41) is 1.11. The van der Waals surface area contributed by atoms with Crippen LogP contribution in [0, 0.1) is 13.8 Å². The van der Waals surface area contributed by atoms with Crippen molar-refractivity contribution in [3.8, 4) is 0 Å². The maximum Gasteiger partial charge on any atom is 0.314 e. The van der Waals surface area contributed by atoms with Gasteiger partial charge in [0.1, 0.15) is 0 Å². The van der Waals surface area contributed by atoms with Crippen LogP contribution in [-0.4, -0.2) is 4.98 Å². The lowest BCUT2D eigenvalue weighted by Gasteiger charge is -1.98. The van der Waals surface area contributed by atoms with Gasteiger partial charge in [-0.1, -0.05) is 35.9 Å². The Morgan fingerprint density at radius 2 is 1.89 bits per heavy atom. The number of hydrogen-bond donors (Lipinski definition) is 1. The fraction of sp³-hybridized carbons (Fsp3) is 0.188. The smallest absolute Gasteiger partial charge is 0.231 e. The van der Waals surface area contributed by atoms with Gasteiger partial charge in [0.25, 0.3) is 0 Å². The largest absolute Gasteiger partial charge is 0.314 e. The quantitative estimate of drug-likeness (QED) is 0.718. The maximum absolute atomic E-state index is 3.43. The van der Waals surface area contributed by atoms with Gasteiger partial charge in [-0.25, -0.2) is 9.97 Å². The minimum Gasteiger partial charge on any atom is -0.231 e. The molecule has 0 bridgehead atoms. The Morgan fingerprint density at radius 3 is 2.74 bits per heavy atom. The van der Waals surface area contributed by atoms with Gasteiger partial charge in [-0.3, -0.25) is 0 Å². The van der Waals surface area contributed by atoms with Crippen molar-refractivity contribution in [1.82, 2.24) is 4.98 Å². The molecule has 1 heterocycles. The third kappa shape index (κ3) is 2.82. The Morgan fingerprint density at radius 1 is 1.05 bits per heavy atom. The van der Waals surface area contributed by atoms with Gasteiger partial charge in [0.15, 0.2) is 11.0 Å². The van der Waals surface area contributed by atoms with Crippen LogP contribution < -0.4 is 4.98 Å². The highest BCUT2D eigenvalue weighted by atomic mass is 32.2. The van der Waals surface area contributed by atoms with E-state index in [1.165, 1.54) is 22.2 Å². The standard InChI is InChI=1S/C16H16N2S/c1-11-4-3-5-13(8-11)10-19-16-17-14-7-6-12(2)9-15(14)18-16/h3-9H,10H2,1-2H3,(H,17,18)/p+1. The van der Waals surface area contributed by atoms with Crippen LogP contribution in [0.3, 0.4) is 0 Å². The number of nitrogens with one attached hydrogen (secondary N) is 2. The van der Waals surface area contributed by atoms with E-state index < -0.39 is 0 Å². The normalized spacial score (nSPS) is 11.1. The molecule has 1 aromatic heterocycles. The average Bonchev–Trinajstić information content (AvgIpc) is 2.78. The first-order chi connectivity index (χ1) is 9.20. The van der Waals surface area contributed by atoms with Crippen molar-refractivity contribution in [3.63, 3.8) is 0 Å². The molecule has 3 rings (SSSR count). The number of aromatic nitrogens is 2. The first-order valence-electron chi connectivity index (χ1n) is 6.41. The van der Waals surface area contributed by atoms with Crippen LogP contribution >= 0.6 is 11.8 Å². The highest BCUT2D eigenvalue weighted by Crippen LogP contribution is 2.21. The molecule has 0 aliphatic carbocycles. The molecule has 0 saturated heterocycles. The van der Waals surface area contributed by atoms with E-state index in [0.717, 1.165) is 16.4 Å². The molecule has 2 nitrogen and oxygen atoms in total. The topological polar surface area (TPSA) is 29.9 Å². The Labute approximate surface area is 117 Å². The highest BCUT2D eigenvalue weighted by Gasteiger charge is 2.10. The van der Waals surface area contributed by atoms with E-state index in [1.807, 2.05) is 0 Å². The number of fused-ring (bicyclic) bond motifs is 1. The molecular weight excluding hydrogens is 252 g/mol. The Bertz CT molecular complexity index is 716. The minimum atomic E-state index is 0.976. The van der Waals surface area contributed by atoms with Gasteiger partial charge in [0.05, 0.1) is 0 Å². The van der Waals surface area contributed by atoms with Crippen molar-refractivity contribution in [2.24, 2.45) is 0 Å². The second kappa shape index (κ2) is 5.10. The summed E-state index contributed by atoms with van der Waals surface area (Å²) < 4.78 is 0. The predicted molar refractivity (Wildman–Crippen MR) is 80.3 cm³/mol. The molecule has 0 fully saturated rings. The third-order valence-electron chi connectivity index (χ3n) is 3.14. The molecular formula is C16H17N2S+. The fourth-order valence-electron chi connectivity index (χ4n) is 2.18. The highest BCUT2D eigenvalue weighted by molar-refractivity contribution is 7.98. The van der Waals surface area contributed by atoms with Gasteiger partial charge >= 0.3 is 5.16 Å². The van der Waals surface area contributed by atoms with Crippen LogP contribution in [0.5, 0.6) is 0 Å². The van der Waals surface area contributed by atoms with E-state index in [2.05, 4.69) is 66.3 Å². The summed E-state index contributed by atoms with van der Waals surface area (Å²) in [6.45, 7) is 4.24. The van der Waals surface area contributed by atoms with Crippen LogP contribution in [0.25, 0.3) is 11.0 Å². The molecule has 2 N–H and O–H groups in total. The van der Waals surface area contributed by atoms with Crippen LogP contribution in [0.1, 0.15) is 16.7 Å². The molecule has 19 heavy (non-hydrogen) atoms. The van der Waals surface area contributed by atoms with Gasteiger partial charge in [-0.05, 0) is 48.9 Å². The van der Waals surface area contributed by atoms with E-state index in [4.69, 9.17) is 0 Å². The second-order valence-corrected chi connectivity index (χ2v) is 5.89. The maximum atomic E-state index is 3.43. The number of thioether (sulfide) groups is 1. The van der Waals surface area contributed by atoms with Crippen molar-refractivity contribution < 1.29 is 4.98 Å². The van der Waals surface area contributed by atoms with E-state index >= 15 is 0 Å². The van der Waals surface area contributed by atoms with Crippen LogP contribution in [0.15, 0.2) is 47.6 Å². The lowest BCUT2D eigenvalue weighted by molar-refractivity contribution is -0.396. The van der Waals surface area contributed by atoms with Crippen LogP contribution in [0.4, 0.5) is 0 Å². The predicted octanol–water partition coefficient (Wildman–Crippen LogP) is 3.89. The lowest BCUT2D eigenvalue weighted by atomic mass is 10.2. The van der Waals surface area contributed by atoms with E-state index in [0.29, 0.717) is 0 Å². The molecule has 2 aromatic carbocycles. The summed E-state index contributed by atoms with van der Waals surface area (Å²) in [6, 6.07) is 15.1. The number of rotatable bonds is 3. The molecule has 0 aliphatic rings. The molecule has 3 aromatic rings. The average molecular weight is 269 g/mol. The van der Waals surface area contributed by atoms with Gasteiger partial charge in [-0.15, -0.1) is 0 Å². The Balaban J connectivity index is 1.78. The Hall–Kier alpha value is -1.74. The molecule has 0 saturated carbocycles. The summed E-state index contributed by atoms with van der Waals surface area (Å²) >= 11 is 1.80. The zero-order chi connectivity index (χ0) is 13.2. The summed E-state index contributed by atoms with van der Waals surface area (Å²) in [6.07, 6.45) is 0. The molecule has 3 heteroatoms. The van der Waals surface area contributed by atoms with Gasteiger partial charge in [0, 0.05) is 5.75 Å². The van der Waals surface area contributed by atoms with Crippen molar-refractivity contribution in [1.29, 1.82) is 0 Å². The number of benzene rings is 2. The number of hydrogen-bond acceptors (Lipinski definition) is 1. The molecule has 0 unspecified atom stereocenters. The first-order valence-corrected chi connectivity index (χ1v) is 7.39. The van der Waals surface area contributed by atoms with Gasteiger partial charge in [-0.2, -0.15) is 0 Å². The van der Waals surface area contributed by atoms with Crippen molar-refractivity contribution >= 4 is 22.8 Å². The molecule has 0 amide bonds. The summed E-state index contributed by atoms with van der Waals surface area (Å²) in [5.41, 5.74) is 6.28. The van der Waals surface area contributed by atoms with Crippen molar-refractivity contribution in [2.75, 3.05) is 0 Å². The van der Waals surface area contributed by atoms with Crippen LogP contribution in [-0.2, 0) is 5.75 Å². The van der Waals surface area contributed by atoms with Crippen molar-refractivity contribution in [2.45, 2.75) is 24.8 Å². The molecule has 0 atom stereocenters. The zero-order valence-electron chi connectivity index (χ0n) is 11.2. The molecule has 0 radical (unpaired) electrons. The Kier molecular flexibility index (Phi) is 3.30. The summed E-state index contributed by atoms with van der Waals surface area (Å²) in [4.78, 5) is 6.84.